The van der Waals surface area contributed by atoms with Crippen LogP contribution in [0.4, 0.5) is 13.2 Å². The summed E-state index contributed by atoms with van der Waals surface area (Å²) in [7, 11) is 0. The van der Waals surface area contributed by atoms with Crippen molar-refractivity contribution in [3.8, 4) is 5.75 Å². The highest BCUT2D eigenvalue weighted by Crippen LogP contribution is 2.35. The van der Waals surface area contributed by atoms with E-state index in [1.165, 1.54) is 17.7 Å². The highest BCUT2D eigenvalue weighted by Gasteiger charge is 2.38. The first-order chi connectivity index (χ1) is 16.4. The molecule has 3 rings (SSSR count). The number of carbonyl (C=O) groups is 1. The predicted molar refractivity (Wildman–Crippen MR) is 127 cm³/mol. The number of alkyl halides is 3. The Morgan fingerprint density at radius 2 is 1.94 bits per heavy atom. The van der Waals surface area contributed by atoms with Crippen LogP contribution in [0.3, 0.4) is 0 Å². The average Bonchev–Trinajstić information content (AvgIpc) is 3.37. The van der Waals surface area contributed by atoms with Gasteiger partial charge in [-0.25, -0.2) is 0 Å². The maximum absolute atomic E-state index is 12.9. The average molecular weight is 532 g/mol. The van der Waals surface area contributed by atoms with Gasteiger partial charge in [0, 0.05) is 18.1 Å². The quantitative estimate of drug-likeness (QED) is 0.303. The van der Waals surface area contributed by atoms with Crippen LogP contribution >= 0.6 is 23.2 Å². The number of benzene rings is 1. The summed E-state index contributed by atoms with van der Waals surface area (Å²) in [5.74, 6) is 1.05. The summed E-state index contributed by atoms with van der Waals surface area (Å²) in [6, 6.07) is 6.96. The lowest BCUT2D eigenvalue weighted by molar-refractivity contribution is -0.141. The minimum Gasteiger partial charge on any atom is -0.485 e. The van der Waals surface area contributed by atoms with Crippen LogP contribution in [0.5, 0.6) is 5.75 Å². The second kappa shape index (κ2) is 11.0. The standard InChI is InChI=1S/C24H26Cl2F3N3O3/c1-13(2)17-11-18(25)14(3)10-20(17)34-12-16-6-7-19(35-16)23(33)30-8-5-9-32-15(4)21(26)22(31-32)24(27,28)29/h6-7,10-11,13H,5,8-9,12H2,1-4H3,(H,30,33). The monoisotopic (exact) mass is 531 g/mol. The molecule has 0 aliphatic rings. The number of rotatable bonds is 9. The molecule has 3 aromatic rings. The SMILES string of the molecule is Cc1cc(OCc2ccc(C(=O)NCCCn3nc(C(F)(F)F)c(Cl)c3C)o2)c(C(C)C)cc1Cl. The summed E-state index contributed by atoms with van der Waals surface area (Å²) >= 11 is 12.0. The fraction of sp³-hybridized carbons (Fsp3) is 0.417. The Hall–Kier alpha value is -2.65. The van der Waals surface area contributed by atoms with Crippen LogP contribution in [0.25, 0.3) is 0 Å². The molecule has 0 spiro atoms. The molecule has 0 bridgehead atoms. The van der Waals surface area contributed by atoms with Crippen molar-refractivity contribution in [2.24, 2.45) is 0 Å². The Bertz CT molecular complexity index is 1200. The second-order valence-electron chi connectivity index (χ2n) is 8.43. The molecular weight excluding hydrogens is 506 g/mol. The van der Waals surface area contributed by atoms with Crippen molar-refractivity contribution in [3.63, 3.8) is 0 Å². The number of aromatic nitrogens is 2. The van der Waals surface area contributed by atoms with E-state index in [1.54, 1.807) is 6.07 Å². The van der Waals surface area contributed by atoms with Crippen LogP contribution in [-0.4, -0.2) is 22.2 Å². The van der Waals surface area contributed by atoms with Gasteiger partial charge in [-0.1, -0.05) is 37.0 Å². The summed E-state index contributed by atoms with van der Waals surface area (Å²) in [4.78, 5) is 12.4. The highest BCUT2D eigenvalue weighted by molar-refractivity contribution is 6.32. The van der Waals surface area contributed by atoms with Gasteiger partial charge >= 0.3 is 6.18 Å². The van der Waals surface area contributed by atoms with Crippen LogP contribution in [0.1, 0.15) is 65.0 Å². The third-order valence-corrected chi connectivity index (χ3v) is 6.26. The van der Waals surface area contributed by atoms with Gasteiger partial charge in [0.25, 0.3) is 5.91 Å². The van der Waals surface area contributed by atoms with E-state index in [9.17, 15) is 18.0 Å². The van der Waals surface area contributed by atoms with E-state index >= 15 is 0 Å². The van der Waals surface area contributed by atoms with E-state index in [2.05, 4.69) is 10.4 Å². The van der Waals surface area contributed by atoms with E-state index in [4.69, 9.17) is 32.4 Å². The zero-order valence-corrected chi connectivity index (χ0v) is 21.2. The molecule has 1 N–H and O–H groups in total. The summed E-state index contributed by atoms with van der Waals surface area (Å²) in [5, 5.41) is 6.47. The summed E-state index contributed by atoms with van der Waals surface area (Å²) in [6.07, 6.45) is -4.27. The number of furan rings is 1. The Morgan fingerprint density at radius 1 is 1.23 bits per heavy atom. The molecule has 2 heterocycles. The van der Waals surface area contributed by atoms with E-state index < -0.39 is 22.8 Å². The number of halogens is 5. The van der Waals surface area contributed by atoms with Gasteiger partial charge in [-0.2, -0.15) is 18.3 Å². The van der Waals surface area contributed by atoms with Crippen molar-refractivity contribution >= 4 is 29.1 Å². The number of ether oxygens (including phenoxy) is 1. The first kappa shape index (κ1) is 26.9. The molecule has 11 heteroatoms. The van der Waals surface area contributed by atoms with Gasteiger partial charge in [0.2, 0.25) is 0 Å². The number of hydrogen-bond acceptors (Lipinski definition) is 4. The van der Waals surface area contributed by atoms with Crippen molar-refractivity contribution in [1.82, 2.24) is 15.1 Å². The molecule has 0 aliphatic heterocycles. The fourth-order valence-electron chi connectivity index (χ4n) is 3.41. The zero-order valence-electron chi connectivity index (χ0n) is 19.7. The van der Waals surface area contributed by atoms with Gasteiger partial charge in [0.15, 0.2) is 11.5 Å². The largest absolute Gasteiger partial charge is 0.485 e. The van der Waals surface area contributed by atoms with Crippen LogP contribution in [-0.2, 0) is 19.3 Å². The van der Waals surface area contributed by atoms with Gasteiger partial charge in [-0.3, -0.25) is 9.48 Å². The molecule has 190 valence electrons. The van der Waals surface area contributed by atoms with E-state index in [0.717, 1.165) is 11.1 Å². The molecule has 0 unspecified atom stereocenters. The lowest BCUT2D eigenvalue weighted by Gasteiger charge is -2.15. The van der Waals surface area contributed by atoms with Crippen molar-refractivity contribution in [1.29, 1.82) is 0 Å². The molecular formula is C24H26Cl2F3N3O3. The van der Waals surface area contributed by atoms with Gasteiger partial charge in [-0.05, 0) is 61.6 Å². The highest BCUT2D eigenvalue weighted by atomic mass is 35.5. The van der Waals surface area contributed by atoms with Gasteiger partial charge in [0.05, 0.1) is 10.7 Å². The molecule has 0 radical (unpaired) electrons. The van der Waals surface area contributed by atoms with Gasteiger partial charge in [0.1, 0.15) is 18.1 Å². The van der Waals surface area contributed by atoms with Crippen LogP contribution in [0.2, 0.25) is 10.0 Å². The van der Waals surface area contributed by atoms with Crippen molar-refractivity contribution in [2.75, 3.05) is 6.54 Å². The molecule has 0 saturated carbocycles. The van der Waals surface area contributed by atoms with Crippen molar-refractivity contribution in [2.45, 2.75) is 59.4 Å². The fourth-order valence-corrected chi connectivity index (χ4v) is 3.83. The van der Waals surface area contributed by atoms with Crippen molar-refractivity contribution < 1.29 is 27.1 Å². The molecule has 1 amide bonds. The summed E-state index contributed by atoms with van der Waals surface area (Å²) in [6.45, 7) is 7.96. The third-order valence-electron chi connectivity index (χ3n) is 5.40. The second-order valence-corrected chi connectivity index (χ2v) is 9.21. The molecule has 0 atom stereocenters. The topological polar surface area (TPSA) is 69.3 Å². The molecule has 6 nitrogen and oxygen atoms in total. The van der Waals surface area contributed by atoms with Crippen LogP contribution < -0.4 is 10.1 Å². The van der Waals surface area contributed by atoms with E-state index in [0.29, 0.717) is 23.0 Å². The number of carbonyl (C=O) groups excluding carboxylic acids is 1. The van der Waals surface area contributed by atoms with Crippen LogP contribution in [0.15, 0.2) is 28.7 Å². The molecule has 0 fully saturated rings. The smallest absolute Gasteiger partial charge is 0.436 e. The summed E-state index contributed by atoms with van der Waals surface area (Å²) < 4.78 is 51.5. The normalized spacial score (nSPS) is 11.8. The number of amides is 1. The molecule has 0 saturated heterocycles. The van der Waals surface area contributed by atoms with Crippen molar-refractivity contribution in [3.05, 3.63) is 68.3 Å². The predicted octanol–water partition coefficient (Wildman–Crippen LogP) is 6.94. The summed E-state index contributed by atoms with van der Waals surface area (Å²) in [5.41, 5.74) is 0.979. The molecule has 2 aromatic heterocycles. The Balaban J connectivity index is 1.52. The van der Waals surface area contributed by atoms with E-state index in [-0.39, 0.29) is 37.1 Å². The minimum absolute atomic E-state index is 0.109. The van der Waals surface area contributed by atoms with Gasteiger partial charge in [-0.15, -0.1) is 0 Å². The first-order valence-corrected chi connectivity index (χ1v) is 11.7. The molecule has 1 aromatic carbocycles. The third kappa shape index (κ3) is 6.52. The molecule has 35 heavy (non-hydrogen) atoms. The van der Waals surface area contributed by atoms with E-state index in [1.807, 2.05) is 32.9 Å². The van der Waals surface area contributed by atoms with Gasteiger partial charge < -0.3 is 14.5 Å². The number of nitrogens with one attached hydrogen (secondary N) is 1. The lowest BCUT2D eigenvalue weighted by atomic mass is 10.0. The Labute approximate surface area is 211 Å². The van der Waals surface area contributed by atoms with Crippen LogP contribution in [0, 0.1) is 13.8 Å². The number of hydrogen-bond donors (Lipinski definition) is 1. The molecule has 0 aliphatic carbocycles. The first-order valence-electron chi connectivity index (χ1n) is 11.0. The maximum Gasteiger partial charge on any atom is 0.436 e. The minimum atomic E-state index is -4.62. The number of nitrogens with zero attached hydrogens (tertiary/aromatic N) is 2. The maximum atomic E-state index is 12.9. The Morgan fingerprint density at radius 3 is 2.57 bits per heavy atom. The number of aryl methyl sites for hydroxylation is 2. The Kier molecular flexibility index (Phi) is 8.43. The lowest BCUT2D eigenvalue weighted by Crippen LogP contribution is -2.25. The zero-order chi connectivity index (χ0) is 25.9.